The summed E-state index contributed by atoms with van der Waals surface area (Å²) in [5.74, 6) is -1.13. The lowest BCUT2D eigenvalue weighted by molar-refractivity contribution is -0.143. The number of aliphatic carboxylic acids is 1. The Morgan fingerprint density at radius 2 is 2.00 bits per heavy atom. The van der Waals surface area contributed by atoms with E-state index in [0.717, 1.165) is 25.7 Å². The summed E-state index contributed by atoms with van der Waals surface area (Å²) in [5, 5.41) is 11.5. The molecule has 0 aliphatic heterocycles. The summed E-state index contributed by atoms with van der Waals surface area (Å²) in [5.41, 5.74) is -0.986. The number of nitrogens with zero attached hydrogens (tertiary/aromatic N) is 1. The Bertz CT molecular complexity index is 551. The lowest BCUT2D eigenvalue weighted by atomic mass is 9.98. The average molecular weight is 306 g/mol. The van der Waals surface area contributed by atoms with Crippen molar-refractivity contribution in [2.45, 2.75) is 57.6 Å². The topological polar surface area (TPSA) is 88.5 Å². The summed E-state index contributed by atoms with van der Waals surface area (Å²) >= 11 is 0. The summed E-state index contributed by atoms with van der Waals surface area (Å²) in [6.07, 6.45) is 7.19. The molecular formula is C16H22N2O4. The van der Waals surface area contributed by atoms with Gasteiger partial charge in [-0.1, -0.05) is 6.42 Å². The molecule has 0 radical (unpaired) electrons. The van der Waals surface area contributed by atoms with Crippen molar-refractivity contribution in [2.75, 3.05) is 0 Å². The maximum Gasteiger partial charge on any atom is 0.328 e. The van der Waals surface area contributed by atoms with Crippen LogP contribution in [0.1, 0.15) is 56.3 Å². The fourth-order valence-electron chi connectivity index (χ4n) is 2.38. The van der Waals surface area contributed by atoms with Crippen LogP contribution in [0.2, 0.25) is 0 Å². The first kappa shape index (κ1) is 16.3. The fourth-order valence-corrected chi connectivity index (χ4v) is 2.38. The number of ether oxygens (including phenoxy) is 1. The molecule has 6 nitrogen and oxygen atoms in total. The third kappa shape index (κ3) is 4.19. The Kier molecular flexibility index (Phi) is 5.00. The molecule has 22 heavy (non-hydrogen) atoms. The maximum absolute atomic E-state index is 12.2. The van der Waals surface area contributed by atoms with E-state index in [2.05, 4.69) is 10.3 Å². The van der Waals surface area contributed by atoms with Gasteiger partial charge < -0.3 is 15.2 Å². The third-order valence-corrected chi connectivity index (χ3v) is 3.80. The first-order valence-electron chi connectivity index (χ1n) is 7.57. The van der Waals surface area contributed by atoms with Crippen molar-refractivity contribution in [3.63, 3.8) is 0 Å². The van der Waals surface area contributed by atoms with Crippen LogP contribution >= 0.6 is 0 Å². The Morgan fingerprint density at radius 1 is 1.32 bits per heavy atom. The number of carboxylic acid groups (broad SMARTS) is 1. The zero-order valence-corrected chi connectivity index (χ0v) is 13.0. The van der Waals surface area contributed by atoms with Crippen molar-refractivity contribution in [1.29, 1.82) is 0 Å². The number of amides is 1. The van der Waals surface area contributed by atoms with Crippen molar-refractivity contribution in [2.24, 2.45) is 0 Å². The molecular weight excluding hydrogens is 284 g/mol. The van der Waals surface area contributed by atoms with Crippen molar-refractivity contribution < 1.29 is 19.4 Å². The summed E-state index contributed by atoms with van der Waals surface area (Å²) in [6, 6.07) is 3.10. The van der Waals surface area contributed by atoms with Crippen molar-refractivity contribution in [3.05, 3.63) is 23.9 Å². The summed E-state index contributed by atoms with van der Waals surface area (Å²) in [6.45, 7) is 2.88. The number of pyridine rings is 1. The van der Waals surface area contributed by atoms with Gasteiger partial charge in [0.1, 0.15) is 11.6 Å². The molecule has 1 amide bonds. The van der Waals surface area contributed by atoms with Gasteiger partial charge in [0.2, 0.25) is 5.88 Å². The number of hydrogen-bond donors (Lipinski definition) is 2. The Balaban J connectivity index is 2.04. The monoisotopic (exact) mass is 306 g/mol. The van der Waals surface area contributed by atoms with E-state index >= 15 is 0 Å². The van der Waals surface area contributed by atoms with Crippen LogP contribution in [0.4, 0.5) is 0 Å². The predicted octanol–water partition coefficient (Wildman–Crippen LogP) is 2.39. The second-order valence-corrected chi connectivity index (χ2v) is 6.14. The predicted molar refractivity (Wildman–Crippen MR) is 80.9 cm³/mol. The molecule has 1 aromatic rings. The largest absolute Gasteiger partial charge is 0.480 e. The van der Waals surface area contributed by atoms with Gasteiger partial charge in [-0.05, 0) is 45.6 Å². The summed E-state index contributed by atoms with van der Waals surface area (Å²) in [4.78, 5) is 27.3. The Morgan fingerprint density at radius 3 is 2.64 bits per heavy atom. The molecule has 6 heteroatoms. The number of aromatic nitrogens is 1. The van der Waals surface area contributed by atoms with E-state index < -0.39 is 17.4 Å². The molecule has 1 heterocycles. The fraction of sp³-hybridized carbons (Fsp3) is 0.562. The molecule has 0 spiro atoms. The van der Waals surface area contributed by atoms with E-state index in [4.69, 9.17) is 9.84 Å². The minimum atomic E-state index is -1.33. The van der Waals surface area contributed by atoms with Crippen molar-refractivity contribution >= 4 is 11.9 Å². The van der Waals surface area contributed by atoms with Gasteiger partial charge in [0.15, 0.2) is 0 Å². The minimum Gasteiger partial charge on any atom is -0.480 e. The van der Waals surface area contributed by atoms with E-state index in [9.17, 15) is 9.59 Å². The first-order chi connectivity index (χ1) is 10.4. The van der Waals surface area contributed by atoms with Crippen LogP contribution in [0.3, 0.4) is 0 Å². The molecule has 0 aromatic carbocycles. The summed E-state index contributed by atoms with van der Waals surface area (Å²) in [7, 11) is 0. The van der Waals surface area contributed by atoms with Crippen LogP contribution in [-0.2, 0) is 4.79 Å². The van der Waals surface area contributed by atoms with Crippen LogP contribution in [0.15, 0.2) is 18.3 Å². The second-order valence-electron chi connectivity index (χ2n) is 6.14. The van der Waals surface area contributed by atoms with E-state index in [1.807, 2.05) is 0 Å². The van der Waals surface area contributed by atoms with E-state index in [1.165, 1.54) is 26.5 Å². The van der Waals surface area contributed by atoms with Crippen molar-refractivity contribution in [3.8, 4) is 5.88 Å². The van der Waals surface area contributed by atoms with Gasteiger partial charge in [-0.15, -0.1) is 0 Å². The lowest BCUT2D eigenvalue weighted by Crippen LogP contribution is -2.49. The smallest absolute Gasteiger partial charge is 0.328 e. The quantitative estimate of drug-likeness (QED) is 0.872. The number of hydrogen-bond acceptors (Lipinski definition) is 4. The number of carbonyl (C=O) groups is 2. The van der Waals surface area contributed by atoms with Gasteiger partial charge in [-0.25, -0.2) is 9.78 Å². The van der Waals surface area contributed by atoms with Gasteiger partial charge >= 0.3 is 5.97 Å². The third-order valence-electron chi connectivity index (χ3n) is 3.80. The second kappa shape index (κ2) is 6.77. The number of carboxylic acids is 1. The van der Waals surface area contributed by atoms with Crippen LogP contribution < -0.4 is 10.1 Å². The number of carbonyl (C=O) groups excluding carboxylic acids is 1. The highest BCUT2D eigenvalue weighted by molar-refractivity contribution is 5.97. The molecule has 2 N–H and O–H groups in total. The lowest BCUT2D eigenvalue weighted by Gasteiger charge is -2.23. The average Bonchev–Trinajstić information content (AvgIpc) is 2.48. The zero-order valence-electron chi connectivity index (χ0n) is 13.0. The highest BCUT2D eigenvalue weighted by Gasteiger charge is 2.29. The number of nitrogens with one attached hydrogen (secondary N) is 1. The molecule has 0 saturated heterocycles. The molecule has 2 rings (SSSR count). The van der Waals surface area contributed by atoms with Gasteiger partial charge in [0.05, 0.1) is 0 Å². The van der Waals surface area contributed by atoms with Crippen LogP contribution in [-0.4, -0.2) is 33.6 Å². The van der Waals surface area contributed by atoms with Gasteiger partial charge in [-0.2, -0.15) is 0 Å². The molecule has 0 bridgehead atoms. The highest BCUT2D eigenvalue weighted by Crippen LogP contribution is 2.22. The minimum absolute atomic E-state index is 0.148. The normalized spacial score (nSPS) is 16.1. The molecule has 1 saturated carbocycles. The van der Waals surface area contributed by atoms with Gasteiger partial charge in [0, 0.05) is 17.8 Å². The van der Waals surface area contributed by atoms with E-state index in [-0.39, 0.29) is 6.10 Å². The molecule has 0 atom stereocenters. The highest BCUT2D eigenvalue weighted by atomic mass is 16.5. The molecule has 0 unspecified atom stereocenters. The van der Waals surface area contributed by atoms with Crippen LogP contribution in [0.25, 0.3) is 0 Å². The first-order valence-corrected chi connectivity index (χ1v) is 7.57. The van der Waals surface area contributed by atoms with Crippen LogP contribution in [0.5, 0.6) is 5.88 Å². The number of rotatable bonds is 5. The molecule has 1 aliphatic carbocycles. The Labute approximate surface area is 129 Å². The van der Waals surface area contributed by atoms with E-state index in [1.54, 1.807) is 12.1 Å². The molecule has 1 aromatic heterocycles. The SMILES string of the molecule is CC(C)(NC(=O)c1ccnc(OC2CCCCC2)c1)C(=O)O. The molecule has 120 valence electrons. The van der Waals surface area contributed by atoms with Crippen LogP contribution in [0, 0.1) is 0 Å². The van der Waals surface area contributed by atoms with E-state index in [0.29, 0.717) is 11.4 Å². The zero-order chi connectivity index (χ0) is 16.2. The maximum atomic E-state index is 12.2. The standard InChI is InChI=1S/C16H22N2O4/c1-16(2,15(20)21)18-14(19)11-8-9-17-13(10-11)22-12-6-4-3-5-7-12/h8-10,12H,3-7H2,1-2H3,(H,18,19)(H,20,21). The van der Waals surface area contributed by atoms with Crippen molar-refractivity contribution in [1.82, 2.24) is 10.3 Å². The van der Waals surface area contributed by atoms with Gasteiger partial charge in [0.25, 0.3) is 5.91 Å². The Hall–Kier alpha value is -2.11. The molecule has 1 aliphatic rings. The summed E-state index contributed by atoms with van der Waals surface area (Å²) < 4.78 is 5.82. The van der Waals surface area contributed by atoms with Gasteiger partial charge in [-0.3, -0.25) is 4.79 Å². The molecule has 1 fully saturated rings.